The van der Waals surface area contributed by atoms with E-state index in [1.807, 2.05) is 13.0 Å². The standard InChI is InChI=1S/C10H17N3O/c1-8-6-10(14-13-8)7-12-9-2-4-11-5-3-9/h6,9,11-12H,2-5,7H2,1H3. The van der Waals surface area contributed by atoms with Crippen molar-refractivity contribution in [3.05, 3.63) is 17.5 Å². The molecule has 0 amide bonds. The second-order valence-corrected chi connectivity index (χ2v) is 3.84. The van der Waals surface area contributed by atoms with Crippen LogP contribution in [0, 0.1) is 6.92 Å². The molecule has 0 saturated carbocycles. The maximum Gasteiger partial charge on any atom is 0.150 e. The van der Waals surface area contributed by atoms with Gasteiger partial charge in [0.05, 0.1) is 12.2 Å². The van der Waals surface area contributed by atoms with E-state index in [9.17, 15) is 0 Å². The second-order valence-electron chi connectivity index (χ2n) is 3.84. The van der Waals surface area contributed by atoms with Crippen molar-refractivity contribution in [2.24, 2.45) is 0 Å². The molecule has 4 heteroatoms. The quantitative estimate of drug-likeness (QED) is 0.750. The summed E-state index contributed by atoms with van der Waals surface area (Å²) in [6.45, 7) is 4.98. The van der Waals surface area contributed by atoms with Crippen LogP contribution in [-0.4, -0.2) is 24.3 Å². The largest absolute Gasteiger partial charge is 0.360 e. The van der Waals surface area contributed by atoms with Crippen molar-refractivity contribution >= 4 is 0 Å². The molecular weight excluding hydrogens is 178 g/mol. The molecule has 2 rings (SSSR count). The van der Waals surface area contributed by atoms with E-state index in [2.05, 4.69) is 15.8 Å². The molecule has 0 unspecified atom stereocenters. The molecular formula is C10H17N3O. The van der Waals surface area contributed by atoms with E-state index in [-0.39, 0.29) is 0 Å². The molecule has 4 nitrogen and oxygen atoms in total. The summed E-state index contributed by atoms with van der Waals surface area (Å²) in [6, 6.07) is 2.61. The summed E-state index contributed by atoms with van der Waals surface area (Å²) in [7, 11) is 0. The molecule has 2 heterocycles. The van der Waals surface area contributed by atoms with Gasteiger partial charge >= 0.3 is 0 Å². The summed E-state index contributed by atoms with van der Waals surface area (Å²) >= 11 is 0. The van der Waals surface area contributed by atoms with Gasteiger partial charge in [0.25, 0.3) is 0 Å². The van der Waals surface area contributed by atoms with Crippen LogP contribution in [0.5, 0.6) is 0 Å². The molecule has 0 radical (unpaired) electrons. The van der Waals surface area contributed by atoms with Gasteiger partial charge in [-0.25, -0.2) is 0 Å². The number of hydrogen-bond acceptors (Lipinski definition) is 4. The molecule has 2 N–H and O–H groups in total. The third-order valence-electron chi connectivity index (χ3n) is 2.58. The Hall–Kier alpha value is -0.870. The molecule has 0 spiro atoms. The highest BCUT2D eigenvalue weighted by Gasteiger charge is 2.12. The van der Waals surface area contributed by atoms with Crippen LogP contribution < -0.4 is 10.6 Å². The smallest absolute Gasteiger partial charge is 0.150 e. The first-order valence-corrected chi connectivity index (χ1v) is 5.21. The van der Waals surface area contributed by atoms with Gasteiger partial charge in [0.15, 0.2) is 5.76 Å². The molecule has 1 aromatic heterocycles. The fourth-order valence-corrected chi connectivity index (χ4v) is 1.77. The molecule has 0 aliphatic carbocycles. The first-order valence-electron chi connectivity index (χ1n) is 5.21. The van der Waals surface area contributed by atoms with Crippen LogP contribution >= 0.6 is 0 Å². The Kier molecular flexibility index (Phi) is 3.16. The van der Waals surface area contributed by atoms with E-state index in [1.165, 1.54) is 12.8 Å². The van der Waals surface area contributed by atoms with Crippen LogP contribution in [0.3, 0.4) is 0 Å². The number of nitrogens with zero attached hydrogens (tertiary/aromatic N) is 1. The van der Waals surface area contributed by atoms with E-state index >= 15 is 0 Å². The van der Waals surface area contributed by atoms with E-state index in [1.54, 1.807) is 0 Å². The third kappa shape index (κ3) is 2.56. The van der Waals surface area contributed by atoms with Crippen LogP contribution in [0.4, 0.5) is 0 Å². The minimum Gasteiger partial charge on any atom is -0.360 e. The fourth-order valence-electron chi connectivity index (χ4n) is 1.77. The minimum atomic E-state index is 0.627. The van der Waals surface area contributed by atoms with Crippen molar-refractivity contribution in [1.82, 2.24) is 15.8 Å². The minimum absolute atomic E-state index is 0.627. The summed E-state index contributed by atoms with van der Waals surface area (Å²) < 4.78 is 5.13. The van der Waals surface area contributed by atoms with Crippen LogP contribution in [0.2, 0.25) is 0 Å². The molecule has 0 bridgehead atoms. The van der Waals surface area contributed by atoms with Gasteiger partial charge in [-0.15, -0.1) is 0 Å². The maximum absolute atomic E-state index is 5.13. The molecule has 78 valence electrons. The van der Waals surface area contributed by atoms with Gasteiger partial charge in [-0.05, 0) is 32.9 Å². The van der Waals surface area contributed by atoms with E-state index in [0.29, 0.717) is 6.04 Å². The van der Waals surface area contributed by atoms with Gasteiger partial charge in [0.1, 0.15) is 0 Å². The van der Waals surface area contributed by atoms with Gasteiger partial charge in [-0.3, -0.25) is 0 Å². The van der Waals surface area contributed by atoms with Gasteiger partial charge in [-0.1, -0.05) is 5.16 Å². The third-order valence-corrected chi connectivity index (χ3v) is 2.58. The lowest BCUT2D eigenvalue weighted by Gasteiger charge is -2.23. The van der Waals surface area contributed by atoms with Crippen LogP contribution in [0.25, 0.3) is 0 Å². The number of aryl methyl sites for hydroxylation is 1. The lowest BCUT2D eigenvalue weighted by molar-refractivity contribution is 0.336. The monoisotopic (exact) mass is 195 g/mol. The summed E-state index contributed by atoms with van der Waals surface area (Å²) in [6.07, 6.45) is 2.40. The van der Waals surface area contributed by atoms with Gasteiger partial charge in [-0.2, -0.15) is 0 Å². The maximum atomic E-state index is 5.13. The molecule has 1 saturated heterocycles. The molecule has 1 aromatic rings. The first kappa shape index (κ1) is 9.68. The van der Waals surface area contributed by atoms with Crippen molar-refractivity contribution in [2.75, 3.05) is 13.1 Å². The Morgan fingerprint density at radius 3 is 3.00 bits per heavy atom. The predicted octanol–water partition coefficient (Wildman–Crippen LogP) is 0.825. The van der Waals surface area contributed by atoms with Crippen LogP contribution in [0.15, 0.2) is 10.6 Å². The number of piperidine rings is 1. The lowest BCUT2D eigenvalue weighted by atomic mass is 10.1. The first-order chi connectivity index (χ1) is 6.84. The molecule has 14 heavy (non-hydrogen) atoms. The molecule has 0 atom stereocenters. The number of rotatable bonds is 3. The number of nitrogens with one attached hydrogen (secondary N) is 2. The van der Waals surface area contributed by atoms with Crippen molar-refractivity contribution in [2.45, 2.75) is 32.4 Å². The molecule has 0 aromatic carbocycles. The van der Waals surface area contributed by atoms with E-state index in [4.69, 9.17) is 4.52 Å². The van der Waals surface area contributed by atoms with Gasteiger partial charge in [0.2, 0.25) is 0 Å². The van der Waals surface area contributed by atoms with Crippen LogP contribution in [-0.2, 0) is 6.54 Å². The number of hydrogen-bond donors (Lipinski definition) is 2. The molecule has 1 aliphatic rings. The normalized spacial score (nSPS) is 18.6. The topological polar surface area (TPSA) is 50.1 Å². The lowest BCUT2D eigenvalue weighted by Crippen LogP contribution is -2.39. The Morgan fingerprint density at radius 1 is 1.57 bits per heavy atom. The second kappa shape index (κ2) is 4.57. The SMILES string of the molecule is Cc1cc(CNC2CCNCC2)on1. The predicted molar refractivity (Wildman–Crippen MR) is 54.0 cm³/mol. The Morgan fingerprint density at radius 2 is 2.36 bits per heavy atom. The highest BCUT2D eigenvalue weighted by Crippen LogP contribution is 2.05. The van der Waals surface area contributed by atoms with Crippen LogP contribution in [0.1, 0.15) is 24.3 Å². The average molecular weight is 195 g/mol. The summed E-state index contributed by atoms with van der Waals surface area (Å²) in [5.41, 5.74) is 0.951. The highest BCUT2D eigenvalue weighted by molar-refractivity contribution is 5.02. The van der Waals surface area contributed by atoms with E-state index < -0.39 is 0 Å². The Bertz CT molecular complexity index is 279. The Balaban J connectivity index is 1.76. The number of aromatic nitrogens is 1. The van der Waals surface area contributed by atoms with E-state index in [0.717, 1.165) is 31.1 Å². The fraction of sp³-hybridized carbons (Fsp3) is 0.700. The van der Waals surface area contributed by atoms with Crippen molar-refractivity contribution < 1.29 is 4.52 Å². The zero-order valence-electron chi connectivity index (χ0n) is 8.55. The zero-order valence-corrected chi connectivity index (χ0v) is 8.55. The van der Waals surface area contributed by atoms with Crippen molar-refractivity contribution in [1.29, 1.82) is 0 Å². The zero-order chi connectivity index (χ0) is 9.80. The summed E-state index contributed by atoms with van der Waals surface area (Å²) in [5.74, 6) is 0.932. The molecule has 1 aliphatic heterocycles. The van der Waals surface area contributed by atoms with Crippen molar-refractivity contribution in [3.63, 3.8) is 0 Å². The highest BCUT2D eigenvalue weighted by atomic mass is 16.5. The molecule has 1 fully saturated rings. The Labute approximate surface area is 84.0 Å². The summed E-state index contributed by atoms with van der Waals surface area (Å²) in [5, 5.41) is 10.7. The summed E-state index contributed by atoms with van der Waals surface area (Å²) in [4.78, 5) is 0. The average Bonchev–Trinajstić information content (AvgIpc) is 2.63. The van der Waals surface area contributed by atoms with Gasteiger partial charge in [0, 0.05) is 12.1 Å². The van der Waals surface area contributed by atoms with Crippen molar-refractivity contribution in [3.8, 4) is 0 Å². The van der Waals surface area contributed by atoms with Gasteiger partial charge < -0.3 is 15.2 Å².